The van der Waals surface area contributed by atoms with Gasteiger partial charge in [-0.1, -0.05) is 0 Å². The number of hydrogen-bond acceptors (Lipinski definition) is 3. The van der Waals surface area contributed by atoms with Crippen molar-refractivity contribution in [2.45, 2.75) is 13.8 Å². The first kappa shape index (κ1) is 10.5. The molecule has 0 spiro atoms. The van der Waals surface area contributed by atoms with Gasteiger partial charge in [-0.25, -0.2) is 4.79 Å². The first-order valence-corrected chi connectivity index (χ1v) is 5.01. The van der Waals surface area contributed by atoms with Crippen LogP contribution in [0.3, 0.4) is 0 Å². The maximum Gasteiger partial charge on any atom is 0.341 e. The summed E-state index contributed by atoms with van der Waals surface area (Å²) in [5.41, 5.74) is 1.24. The number of nitrogens with one attached hydrogen (secondary N) is 1. The maximum atomic E-state index is 11.6. The first-order chi connectivity index (χ1) is 7.63. The molecule has 84 valence electrons. The van der Waals surface area contributed by atoms with Gasteiger partial charge in [0.15, 0.2) is 0 Å². The van der Waals surface area contributed by atoms with Crippen molar-refractivity contribution in [1.29, 1.82) is 0 Å². The predicted octanol–water partition coefficient (Wildman–Crippen LogP) is 1.11. The smallest absolute Gasteiger partial charge is 0.341 e. The van der Waals surface area contributed by atoms with Crippen molar-refractivity contribution in [3.63, 3.8) is 0 Å². The normalized spacial score (nSPS) is 10.6. The van der Waals surface area contributed by atoms with Crippen molar-refractivity contribution in [3.8, 4) is 0 Å². The van der Waals surface area contributed by atoms with Gasteiger partial charge in [0.05, 0.1) is 6.61 Å². The standard InChI is InChI=1S/C11H12N2O3/c1-3-16-11(15)8-4-5-13-6-7(2)10(14)12-9(8)13/h4-6H,3H2,1-2H3,(H,12,14). The van der Waals surface area contributed by atoms with Crippen molar-refractivity contribution in [1.82, 2.24) is 9.38 Å². The molecule has 0 radical (unpaired) electrons. The van der Waals surface area contributed by atoms with Crippen LogP contribution >= 0.6 is 0 Å². The van der Waals surface area contributed by atoms with Crippen LogP contribution in [0, 0.1) is 6.92 Å². The van der Waals surface area contributed by atoms with E-state index in [1.807, 2.05) is 0 Å². The van der Waals surface area contributed by atoms with E-state index in [2.05, 4.69) is 4.98 Å². The molecule has 5 heteroatoms. The van der Waals surface area contributed by atoms with Gasteiger partial charge in [-0.15, -0.1) is 0 Å². The van der Waals surface area contributed by atoms with E-state index in [-0.39, 0.29) is 5.56 Å². The van der Waals surface area contributed by atoms with E-state index >= 15 is 0 Å². The van der Waals surface area contributed by atoms with E-state index in [1.54, 1.807) is 36.7 Å². The Hall–Kier alpha value is -2.04. The number of fused-ring (bicyclic) bond motifs is 1. The van der Waals surface area contributed by atoms with Crippen LogP contribution < -0.4 is 5.56 Å². The Bertz CT molecular complexity index is 595. The van der Waals surface area contributed by atoms with Crippen LogP contribution in [0.5, 0.6) is 0 Å². The first-order valence-electron chi connectivity index (χ1n) is 5.01. The summed E-state index contributed by atoms with van der Waals surface area (Å²) in [5.74, 6) is -0.426. The lowest BCUT2D eigenvalue weighted by molar-refractivity contribution is 0.0528. The summed E-state index contributed by atoms with van der Waals surface area (Å²) in [6, 6.07) is 1.63. The molecule has 0 aromatic carbocycles. The average molecular weight is 220 g/mol. The van der Waals surface area contributed by atoms with E-state index in [0.717, 1.165) is 0 Å². The van der Waals surface area contributed by atoms with Crippen LogP contribution in [0.4, 0.5) is 0 Å². The van der Waals surface area contributed by atoms with Gasteiger partial charge in [0.25, 0.3) is 5.56 Å². The molecule has 0 saturated carbocycles. The fourth-order valence-electron chi connectivity index (χ4n) is 1.53. The predicted molar refractivity (Wildman–Crippen MR) is 58.7 cm³/mol. The van der Waals surface area contributed by atoms with Gasteiger partial charge >= 0.3 is 5.97 Å². The molecule has 16 heavy (non-hydrogen) atoms. The second-order valence-electron chi connectivity index (χ2n) is 3.47. The lowest BCUT2D eigenvalue weighted by atomic mass is 10.3. The van der Waals surface area contributed by atoms with Gasteiger partial charge in [0, 0.05) is 18.0 Å². The molecule has 0 aliphatic heterocycles. The van der Waals surface area contributed by atoms with Gasteiger partial charge in [-0.3, -0.25) is 4.79 Å². The summed E-state index contributed by atoms with van der Waals surface area (Å²) in [7, 11) is 0. The highest BCUT2D eigenvalue weighted by atomic mass is 16.5. The average Bonchev–Trinajstić information content (AvgIpc) is 2.62. The summed E-state index contributed by atoms with van der Waals surface area (Å²) in [4.78, 5) is 25.7. The molecule has 0 aliphatic carbocycles. The third kappa shape index (κ3) is 1.60. The molecule has 0 bridgehead atoms. The molecular formula is C11H12N2O3. The summed E-state index contributed by atoms with van der Waals surface area (Å²) in [5, 5.41) is 0. The lowest BCUT2D eigenvalue weighted by Crippen LogP contribution is -2.13. The van der Waals surface area contributed by atoms with Crippen molar-refractivity contribution < 1.29 is 9.53 Å². The van der Waals surface area contributed by atoms with Gasteiger partial charge in [-0.2, -0.15) is 0 Å². The number of aromatic nitrogens is 2. The molecule has 2 heterocycles. The summed E-state index contributed by atoms with van der Waals surface area (Å²) in [6.45, 7) is 3.76. The highest BCUT2D eigenvalue weighted by Crippen LogP contribution is 2.10. The monoisotopic (exact) mass is 220 g/mol. The third-order valence-electron chi connectivity index (χ3n) is 2.33. The molecule has 2 rings (SSSR count). The molecular weight excluding hydrogens is 208 g/mol. The number of ether oxygens (including phenoxy) is 1. The molecule has 5 nitrogen and oxygen atoms in total. The zero-order valence-corrected chi connectivity index (χ0v) is 9.11. The van der Waals surface area contributed by atoms with Crippen LogP contribution in [-0.2, 0) is 4.74 Å². The summed E-state index contributed by atoms with van der Waals surface area (Å²) >= 11 is 0. The summed E-state index contributed by atoms with van der Waals surface area (Å²) < 4.78 is 6.59. The van der Waals surface area contributed by atoms with Crippen LogP contribution in [0.15, 0.2) is 23.3 Å². The highest BCUT2D eigenvalue weighted by Gasteiger charge is 2.13. The second kappa shape index (κ2) is 3.84. The third-order valence-corrected chi connectivity index (χ3v) is 2.33. The number of aromatic amines is 1. The zero-order valence-electron chi connectivity index (χ0n) is 9.11. The number of esters is 1. The Labute approximate surface area is 91.7 Å². The van der Waals surface area contributed by atoms with Crippen LogP contribution in [0.1, 0.15) is 22.8 Å². The fourth-order valence-corrected chi connectivity index (χ4v) is 1.53. The van der Waals surface area contributed by atoms with Crippen molar-refractivity contribution in [3.05, 3.63) is 39.9 Å². The highest BCUT2D eigenvalue weighted by molar-refractivity contribution is 5.96. The fraction of sp³-hybridized carbons (Fsp3) is 0.273. The van der Waals surface area contributed by atoms with Crippen LogP contribution in [0.25, 0.3) is 5.65 Å². The number of nitrogens with zero attached hydrogens (tertiary/aromatic N) is 1. The Morgan fingerprint density at radius 2 is 2.31 bits per heavy atom. The van der Waals surface area contributed by atoms with Crippen LogP contribution in [-0.4, -0.2) is 22.0 Å². The SMILES string of the molecule is CCOC(=O)c1ccn2cc(C)c(=O)[nH]c12. The molecule has 0 fully saturated rings. The largest absolute Gasteiger partial charge is 0.462 e. The van der Waals surface area contributed by atoms with Gasteiger partial charge in [0.2, 0.25) is 0 Å². The molecule has 1 N–H and O–H groups in total. The van der Waals surface area contributed by atoms with Crippen LogP contribution in [0.2, 0.25) is 0 Å². The Morgan fingerprint density at radius 3 is 3.00 bits per heavy atom. The number of rotatable bonds is 2. The molecule has 0 atom stereocenters. The van der Waals surface area contributed by atoms with Gasteiger partial charge in [0.1, 0.15) is 11.2 Å². The quantitative estimate of drug-likeness (QED) is 0.771. The number of hydrogen-bond donors (Lipinski definition) is 1. The second-order valence-corrected chi connectivity index (χ2v) is 3.47. The topological polar surface area (TPSA) is 63.6 Å². The van der Waals surface area contributed by atoms with E-state index in [9.17, 15) is 9.59 Å². The number of carbonyl (C=O) groups excluding carboxylic acids is 1. The van der Waals surface area contributed by atoms with E-state index in [0.29, 0.717) is 23.4 Å². The van der Waals surface area contributed by atoms with Crippen molar-refractivity contribution >= 4 is 11.6 Å². The molecule has 2 aromatic heterocycles. The number of H-pyrrole nitrogens is 1. The minimum absolute atomic E-state index is 0.197. The zero-order chi connectivity index (χ0) is 11.7. The van der Waals surface area contributed by atoms with Gasteiger partial charge < -0.3 is 14.1 Å². The minimum Gasteiger partial charge on any atom is -0.462 e. The molecule has 0 saturated heterocycles. The van der Waals surface area contributed by atoms with Gasteiger partial charge in [-0.05, 0) is 19.9 Å². The van der Waals surface area contributed by atoms with E-state index < -0.39 is 5.97 Å². The van der Waals surface area contributed by atoms with E-state index in [4.69, 9.17) is 4.74 Å². The number of carbonyl (C=O) groups is 1. The Balaban J connectivity index is 2.60. The Kier molecular flexibility index (Phi) is 2.52. The molecule has 2 aromatic rings. The van der Waals surface area contributed by atoms with Crippen molar-refractivity contribution in [2.24, 2.45) is 0 Å². The van der Waals surface area contributed by atoms with E-state index in [1.165, 1.54) is 0 Å². The molecule has 0 aliphatic rings. The van der Waals surface area contributed by atoms with Crippen molar-refractivity contribution in [2.75, 3.05) is 6.61 Å². The Morgan fingerprint density at radius 1 is 1.56 bits per heavy atom. The number of aryl methyl sites for hydroxylation is 1. The summed E-state index contributed by atoms with van der Waals surface area (Å²) in [6.07, 6.45) is 3.39. The lowest BCUT2D eigenvalue weighted by Gasteiger charge is -2.01. The molecule has 0 amide bonds. The minimum atomic E-state index is -0.426. The maximum absolute atomic E-state index is 11.6. The molecule has 0 unspecified atom stereocenters.